The number of aryl methyl sites for hydroxylation is 2. The number of nitrogens with one attached hydrogen (secondary N) is 1. The lowest BCUT2D eigenvalue weighted by Crippen LogP contribution is -2.63. The van der Waals surface area contributed by atoms with Gasteiger partial charge >= 0.3 is 5.69 Å². The van der Waals surface area contributed by atoms with E-state index < -0.39 is 6.10 Å². The van der Waals surface area contributed by atoms with Gasteiger partial charge in [-0.15, -0.1) is 0 Å². The van der Waals surface area contributed by atoms with Gasteiger partial charge in [-0.25, -0.2) is 4.79 Å². The number of fused-ring (bicyclic) bond motifs is 1. The number of hydrogen-bond donors (Lipinski definition) is 2. The van der Waals surface area contributed by atoms with E-state index in [4.69, 9.17) is 4.74 Å². The molecule has 4 aliphatic rings. The molecule has 0 amide bonds. The predicted octanol–water partition coefficient (Wildman–Crippen LogP) is 4.83. The second-order valence-electron chi connectivity index (χ2n) is 12.9. The van der Waals surface area contributed by atoms with Crippen LogP contribution in [0.1, 0.15) is 69.6 Å². The van der Waals surface area contributed by atoms with Gasteiger partial charge in [0.25, 0.3) is 0 Å². The molecule has 1 aromatic heterocycles. The number of aromatic nitrogens is 2. The third-order valence-electron chi connectivity index (χ3n) is 9.31. The lowest BCUT2D eigenvalue weighted by molar-refractivity contribution is -0.118. The number of rotatable bonds is 7. The smallest absolute Gasteiger partial charge is 0.328 e. The fraction of sp³-hybridized carbons (Fsp3) is 0.567. The highest BCUT2D eigenvalue weighted by Gasteiger charge is 2.59. The molecule has 2 unspecified atom stereocenters. The Hall–Kier alpha value is -2.57. The van der Waals surface area contributed by atoms with Crippen LogP contribution in [0.15, 0.2) is 47.3 Å². The Kier molecular flexibility index (Phi) is 5.44. The van der Waals surface area contributed by atoms with E-state index in [-0.39, 0.29) is 12.3 Å². The molecule has 3 aromatic rings. The van der Waals surface area contributed by atoms with E-state index in [1.54, 1.807) is 23.2 Å². The van der Waals surface area contributed by atoms with Crippen molar-refractivity contribution >= 4 is 11.0 Å². The van der Waals surface area contributed by atoms with Crippen LogP contribution in [0.5, 0.6) is 5.75 Å². The second kappa shape index (κ2) is 8.22. The van der Waals surface area contributed by atoms with Gasteiger partial charge in [-0.2, -0.15) is 0 Å². The Balaban J connectivity index is 1.07. The highest BCUT2D eigenvalue weighted by Crippen LogP contribution is 2.66. The summed E-state index contributed by atoms with van der Waals surface area (Å²) >= 11 is 0. The second-order valence-corrected chi connectivity index (χ2v) is 12.9. The number of imidazole rings is 1. The van der Waals surface area contributed by atoms with Crippen molar-refractivity contribution in [1.29, 1.82) is 0 Å². The van der Waals surface area contributed by atoms with Crippen molar-refractivity contribution in [2.24, 2.45) is 30.8 Å². The lowest BCUT2D eigenvalue weighted by Gasteiger charge is -2.65. The summed E-state index contributed by atoms with van der Waals surface area (Å²) in [6.07, 6.45) is 7.42. The first-order valence-electron chi connectivity index (χ1n) is 13.4. The summed E-state index contributed by atoms with van der Waals surface area (Å²) < 4.78 is 9.12. The summed E-state index contributed by atoms with van der Waals surface area (Å²) in [5.41, 5.74) is 4.91. The normalized spacial score (nSPS) is 31.8. The number of ether oxygens (including phenoxy) is 1. The first-order chi connectivity index (χ1) is 17.1. The van der Waals surface area contributed by atoms with E-state index in [0.29, 0.717) is 16.4 Å². The van der Waals surface area contributed by atoms with Crippen LogP contribution in [-0.4, -0.2) is 26.4 Å². The summed E-state index contributed by atoms with van der Waals surface area (Å²) in [5.74, 6) is 1.64. The van der Waals surface area contributed by atoms with Crippen molar-refractivity contribution in [2.45, 2.75) is 70.6 Å². The lowest BCUT2D eigenvalue weighted by atomic mass is 9.43. The van der Waals surface area contributed by atoms with Gasteiger partial charge in [-0.1, -0.05) is 32.0 Å². The molecule has 4 bridgehead atoms. The van der Waals surface area contributed by atoms with Crippen molar-refractivity contribution in [3.8, 4) is 5.75 Å². The SMILES string of the molecule is Cn1c(=O)n(C)c2cc([C@@H](O)COc3ccc(CNC45CC6C[C@@](C)(C4)C[C@](C)(C6)C5)cc3)ccc21. The summed E-state index contributed by atoms with van der Waals surface area (Å²) in [6.45, 7) is 6.08. The summed E-state index contributed by atoms with van der Waals surface area (Å²) in [5, 5.41) is 14.7. The molecule has 1 heterocycles. The number of benzene rings is 2. The average molecular weight is 490 g/mol. The molecule has 2 aromatic carbocycles. The van der Waals surface area contributed by atoms with Crippen LogP contribution in [0.3, 0.4) is 0 Å². The average Bonchev–Trinajstić information content (AvgIpc) is 3.03. The molecular weight excluding hydrogens is 450 g/mol. The quantitative estimate of drug-likeness (QED) is 0.499. The Morgan fingerprint density at radius 1 is 0.972 bits per heavy atom. The van der Waals surface area contributed by atoms with Gasteiger partial charge in [0.15, 0.2) is 0 Å². The number of aliphatic hydroxyl groups excluding tert-OH is 1. The molecule has 7 rings (SSSR count). The van der Waals surface area contributed by atoms with Crippen LogP contribution in [0, 0.1) is 16.7 Å². The van der Waals surface area contributed by atoms with Gasteiger partial charge in [0.05, 0.1) is 11.0 Å². The minimum absolute atomic E-state index is 0.0749. The molecule has 2 N–H and O–H groups in total. The van der Waals surface area contributed by atoms with Crippen molar-refractivity contribution in [1.82, 2.24) is 14.5 Å². The maximum atomic E-state index is 12.2. The maximum absolute atomic E-state index is 12.2. The summed E-state index contributed by atoms with van der Waals surface area (Å²) in [7, 11) is 3.50. The molecule has 5 atom stereocenters. The Labute approximate surface area is 213 Å². The fourth-order valence-corrected chi connectivity index (χ4v) is 8.64. The molecule has 6 nitrogen and oxygen atoms in total. The predicted molar refractivity (Wildman–Crippen MR) is 142 cm³/mol. The van der Waals surface area contributed by atoms with Crippen LogP contribution in [-0.2, 0) is 20.6 Å². The molecule has 0 aliphatic heterocycles. The molecule has 0 saturated heterocycles. The zero-order chi connectivity index (χ0) is 25.3. The van der Waals surface area contributed by atoms with Crippen molar-refractivity contribution in [2.75, 3.05) is 6.61 Å². The minimum Gasteiger partial charge on any atom is -0.491 e. The van der Waals surface area contributed by atoms with Crippen LogP contribution in [0.4, 0.5) is 0 Å². The Bertz CT molecular complexity index is 1340. The zero-order valence-electron chi connectivity index (χ0n) is 22.0. The van der Waals surface area contributed by atoms with E-state index in [9.17, 15) is 9.90 Å². The van der Waals surface area contributed by atoms with Crippen molar-refractivity contribution in [3.05, 3.63) is 64.1 Å². The first kappa shape index (κ1) is 23.8. The number of aliphatic hydroxyl groups is 1. The summed E-state index contributed by atoms with van der Waals surface area (Å²) in [4.78, 5) is 12.2. The van der Waals surface area contributed by atoms with E-state index in [2.05, 4.69) is 31.3 Å². The summed E-state index contributed by atoms with van der Waals surface area (Å²) in [6, 6.07) is 13.9. The van der Waals surface area contributed by atoms with E-state index >= 15 is 0 Å². The molecule has 4 fully saturated rings. The third kappa shape index (κ3) is 4.08. The standard InChI is InChI=1S/C30H39N3O3/c1-28-12-21-13-29(2,17-28)19-30(14-21,18-28)31-15-20-5-8-23(9-6-20)36-16-26(34)22-7-10-24-25(11-22)33(4)27(35)32(24)3/h5-11,21,26,31,34H,12-19H2,1-4H3/t21?,26-,28-,29+,30?/m0/s1. The van der Waals surface area contributed by atoms with Crippen LogP contribution >= 0.6 is 0 Å². The largest absolute Gasteiger partial charge is 0.491 e. The van der Waals surface area contributed by atoms with Gasteiger partial charge in [0.1, 0.15) is 18.5 Å². The first-order valence-corrected chi connectivity index (χ1v) is 13.4. The van der Waals surface area contributed by atoms with Crippen LogP contribution in [0.2, 0.25) is 0 Å². The molecule has 4 saturated carbocycles. The molecular formula is C30H39N3O3. The third-order valence-corrected chi connectivity index (χ3v) is 9.31. The Morgan fingerprint density at radius 2 is 1.64 bits per heavy atom. The maximum Gasteiger partial charge on any atom is 0.328 e. The van der Waals surface area contributed by atoms with E-state index in [1.165, 1.54) is 44.1 Å². The van der Waals surface area contributed by atoms with Gasteiger partial charge in [0.2, 0.25) is 0 Å². The molecule has 4 aliphatic carbocycles. The van der Waals surface area contributed by atoms with Gasteiger partial charge in [0, 0.05) is 26.2 Å². The topological polar surface area (TPSA) is 68.4 Å². The molecule has 6 heteroatoms. The zero-order valence-corrected chi connectivity index (χ0v) is 22.0. The monoisotopic (exact) mass is 489 g/mol. The van der Waals surface area contributed by atoms with Gasteiger partial charge in [-0.05, 0) is 90.7 Å². The van der Waals surface area contributed by atoms with Gasteiger partial charge in [-0.3, -0.25) is 9.13 Å². The van der Waals surface area contributed by atoms with Crippen LogP contribution in [0.25, 0.3) is 11.0 Å². The molecule has 36 heavy (non-hydrogen) atoms. The Morgan fingerprint density at radius 3 is 2.31 bits per heavy atom. The van der Waals surface area contributed by atoms with Gasteiger partial charge < -0.3 is 15.2 Å². The minimum atomic E-state index is -0.773. The number of nitrogens with zero attached hydrogens (tertiary/aromatic N) is 2. The highest BCUT2D eigenvalue weighted by molar-refractivity contribution is 5.77. The number of hydrogen-bond acceptors (Lipinski definition) is 4. The van der Waals surface area contributed by atoms with Crippen molar-refractivity contribution < 1.29 is 9.84 Å². The van der Waals surface area contributed by atoms with Crippen LogP contribution < -0.4 is 15.7 Å². The van der Waals surface area contributed by atoms with E-state index in [1.807, 2.05) is 30.3 Å². The molecule has 0 spiro atoms. The molecule has 192 valence electrons. The highest BCUT2D eigenvalue weighted by atomic mass is 16.5. The fourth-order valence-electron chi connectivity index (χ4n) is 8.64. The van der Waals surface area contributed by atoms with Crippen molar-refractivity contribution in [3.63, 3.8) is 0 Å². The van der Waals surface area contributed by atoms with E-state index in [0.717, 1.165) is 34.8 Å². The molecule has 0 radical (unpaired) electrons.